The number of carbonyl (C=O) groups is 1. The number of amides is 1. The van der Waals surface area contributed by atoms with Gasteiger partial charge >= 0.3 is 0 Å². The lowest BCUT2D eigenvalue weighted by Gasteiger charge is -2.53. The number of nitrogens with zero attached hydrogens (tertiary/aromatic N) is 1. The highest BCUT2D eigenvalue weighted by Gasteiger charge is 2.68. The summed E-state index contributed by atoms with van der Waals surface area (Å²) in [5.41, 5.74) is 2.12. The van der Waals surface area contributed by atoms with Crippen LogP contribution in [0.3, 0.4) is 0 Å². The molecule has 3 fully saturated rings. The summed E-state index contributed by atoms with van der Waals surface area (Å²) in [6.07, 6.45) is 3.45. The molecule has 2 saturated carbocycles. The van der Waals surface area contributed by atoms with E-state index < -0.39 is 0 Å². The van der Waals surface area contributed by atoms with Crippen molar-refractivity contribution in [2.75, 3.05) is 6.61 Å². The van der Waals surface area contributed by atoms with Gasteiger partial charge in [0.25, 0.3) is 5.91 Å². The molecule has 1 spiro atoms. The second kappa shape index (κ2) is 6.18. The molecule has 5 rings (SSSR count). The first kappa shape index (κ1) is 17.9. The van der Waals surface area contributed by atoms with Crippen LogP contribution in [0.2, 0.25) is 0 Å². The molecule has 2 aromatic rings. The van der Waals surface area contributed by atoms with Crippen LogP contribution in [0.4, 0.5) is 0 Å². The van der Waals surface area contributed by atoms with E-state index in [4.69, 9.17) is 9.26 Å². The van der Waals surface area contributed by atoms with Crippen LogP contribution in [0, 0.1) is 29.6 Å². The summed E-state index contributed by atoms with van der Waals surface area (Å²) >= 11 is 0. The first-order valence-corrected chi connectivity index (χ1v) is 10.3. The molecule has 1 N–H and O–H groups in total. The zero-order valence-corrected chi connectivity index (χ0v) is 16.8. The smallest absolute Gasteiger partial charge is 0.290 e. The van der Waals surface area contributed by atoms with Crippen LogP contribution in [-0.4, -0.2) is 23.7 Å². The highest BCUT2D eigenvalue weighted by Crippen LogP contribution is 2.70. The molecule has 28 heavy (non-hydrogen) atoms. The number of aromatic nitrogens is 1. The van der Waals surface area contributed by atoms with E-state index >= 15 is 0 Å². The molecule has 1 aromatic heterocycles. The van der Waals surface area contributed by atoms with E-state index in [1.807, 2.05) is 6.92 Å². The average molecular weight is 380 g/mol. The minimum absolute atomic E-state index is 0.0554. The van der Waals surface area contributed by atoms with Crippen molar-refractivity contribution >= 4 is 5.91 Å². The van der Waals surface area contributed by atoms with Crippen molar-refractivity contribution < 1.29 is 14.1 Å². The summed E-state index contributed by atoms with van der Waals surface area (Å²) in [7, 11) is 0. The third kappa shape index (κ3) is 2.48. The first-order valence-electron chi connectivity index (χ1n) is 10.3. The van der Waals surface area contributed by atoms with Crippen molar-refractivity contribution in [3.8, 4) is 0 Å². The molecule has 5 atom stereocenters. The van der Waals surface area contributed by atoms with Crippen LogP contribution in [0.5, 0.6) is 0 Å². The minimum atomic E-state index is -0.151. The molecule has 3 aliphatic rings. The molecular weight excluding hydrogens is 352 g/mol. The molecule has 148 valence electrons. The normalized spacial score (nSPS) is 35.5. The van der Waals surface area contributed by atoms with Gasteiger partial charge in [-0.15, -0.1) is 0 Å². The van der Waals surface area contributed by atoms with Gasteiger partial charge < -0.3 is 14.6 Å². The van der Waals surface area contributed by atoms with Gasteiger partial charge in [-0.25, -0.2) is 0 Å². The maximum Gasteiger partial charge on any atom is 0.290 e. The first-order chi connectivity index (χ1) is 13.4. The van der Waals surface area contributed by atoms with Crippen molar-refractivity contribution in [2.24, 2.45) is 22.7 Å². The fourth-order valence-electron chi connectivity index (χ4n) is 6.43. The number of hydrogen-bond donors (Lipinski definition) is 1. The van der Waals surface area contributed by atoms with E-state index in [9.17, 15) is 4.79 Å². The molecule has 5 heteroatoms. The van der Waals surface area contributed by atoms with Crippen LogP contribution in [-0.2, 0) is 4.74 Å². The molecule has 1 aliphatic heterocycles. The van der Waals surface area contributed by atoms with Gasteiger partial charge in [0.1, 0.15) is 0 Å². The lowest BCUT2D eigenvalue weighted by atomic mass is 9.59. The maximum atomic E-state index is 12.9. The zero-order valence-electron chi connectivity index (χ0n) is 16.8. The number of rotatable bonds is 3. The highest BCUT2D eigenvalue weighted by atomic mass is 16.5. The van der Waals surface area contributed by atoms with Crippen molar-refractivity contribution in [1.29, 1.82) is 0 Å². The van der Waals surface area contributed by atoms with Crippen molar-refractivity contribution in [1.82, 2.24) is 10.5 Å². The predicted molar refractivity (Wildman–Crippen MR) is 105 cm³/mol. The number of hydrogen-bond acceptors (Lipinski definition) is 4. The van der Waals surface area contributed by atoms with Crippen LogP contribution in [0.1, 0.15) is 61.0 Å². The monoisotopic (exact) mass is 380 g/mol. The number of benzene rings is 1. The van der Waals surface area contributed by atoms with Gasteiger partial charge in [-0.1, -0.05) is 49.3 Å². The lowest BCUT2D eigenvalue weighted by Crippen LogP contribution is -2.58. The molecular formula is C23H28N2O3. The van der Waals surface area contributed by atoms with E-state index in [2.05, 4.69) is 54.7 Å². The van der Waals surface area contributed by atoms with Gasteiger partial charge in [-0.2, -0.15) is 0 Å². The van der Waals surface area contributed by atoms with E-state index in [1.165, 1.54) is 12.0 Å². The lowest BCUT2D eigenvalue weighted by molar-refractivity contribution is -0.120. The Kier molecular flexibility index (Phi) is 3.96. The minimum Gasteiger partial charge on any atom is -0.373 e. The Balaban J connectivity index is 1.48. The second-order valence-corrected chi connectivity index (χ2v) is 9.49. The topological polar surface area (TPSA) is 64.4 Å². The van der Waals surface area contributed by atoms with E-state index in [0.29, 0.717) is 17.6 Å². The van der Waals surface area contributed by atoms with Gasteiger partial charge in [0.05, 0.1) is 11.8 Å². The van der Waals surface area contributed by atoms with E-state index in [0.717, 1.165) is 25.1 Å². The van der Waals surface area contributed by atoms with Crippen LogP contribution in [0.15, 0.2) is 40.9 Å². The molecule has 2 heterocycles. The maximum absolute atomic E-state index is 12.9. The quantitative estimate of drug-likeness (QED) is 0.862. The van der Waals surface area contributed by atoms with Gasteiger partial charge in [0.15, 0.2) is 0 Å². The van der Waals surface area contributed by atoms with Crippen LogP contribution >= 0.6 is 0 Å². The third-order valence-electron chi connectivity index (χ3n) is 7.76. The summed E-state index contributed by atoms with van der Waals surface area (Å²) in [5.74, 6) is 1.17. The van der Waals surface area contributed by atoms with Crippen LogP contribution in [0.25, 0.3) is 0 Å². The zero-order chi connectivity index (χ0) is 19.5. The standard InChI is InChI=1S/C23H28N2O3/c1-14-11-18(28-25-14)20(26)24-21-22(2,3)16-12-17-19(15-7-5-4-6-8-15)27-10-9-23(17,21)13-16/h4-8,11,16-17,19,21H,9-10,12-13H2,1-3H3,(H,24,26)/t16-,17-,19-,21+,23?/m1/s1. The molecule has 2 bridgehead atoms. The third-order valence-corrected chi connectivity index (χ3v) is 7.76. The fourth-order valence-corrected chi connectivity index (χ4v) is 6.43. The van der Waals surface area contributed by atoms with E-state index in [1.54, 1.807) is 6.07 Å². The fraction of sp³-hybridized carbons (Fsp3) is 0.565. The average Bonchev–Trinajstić information content (AvgIpc) is 3.34. The number of carbonyl (C=O) groups excluding carboxylic acids is 1. The van der Waals surface area contributed by atoms with Crippen molar-refractivity contribution in [2.45, 2.75) is 52.2 Å². The molecule has 1 saturated heterocycles. The van der Waals surface area contributed by atoms with E-state index in [-0.39, 0.29) is 28.9 Å². The predicted octanol–water partition coefficient (Wildman–Crippen LogP) is 4.30. The summed E-state index contributed by atoms with van der Waals surface area (Å²) in [4.78, 5) is 12.9. The number of nitrogens with one attached hydrogen (secondary N) is 1. The number of fused-ring (bicyclic) bond motifs is 1. The summed E-state index contributed by atoms with van der Waals surface area (Å²) < 4.78 is 11.5. The SMILES string of the molecule is Cc1cc(C(=O)N[C@H]2C(C)(C)[C@@H]3C[C@@H]4[C@@H](c5ccccc5)OCCC42C3)on1. The Morgan fingerprint density at radius 2 is 2.04 bits per heavy atom. The summed E-state index contributed by atoms with van der Waals surface area (Å²) in [6.45, 7) is 7.20. The van der Waals surface area contributed by atoms with Crippen LogP contribution < -0.4 is 5.32 Å². The Labute approximate surface area is 165 Å². The molecule has 2 aliphatic carbocycles. The Hall–Kier alpha value is -2.14. The highest BCUT2D eigenvalue weighted by molar-refractivity contribution is 5.91. The molecule has 1 unspecified atom stereocenters. The molecule has 1 aromatic carbocycles. The largest absolute Gasteiger partial charge is 0.373 e. The second-order valence-electron chi connectivity index (χ2n) is 9.49. The van der Waals surface area contributed by atoms with Gasteiger partial charge in [-0.05, 0) is 54.4 Å². The summed E-state index contributed by atoms with van der Waals surface area (Å²) in [6, 6.07) is 12.4. The van der Waals surface area contributed by atoms with Crippen molar-refractivity contribution in [3.05, 3.63) is 53.4 Å². The Morgan fingerprint density at radius 3 is 2.75 bits per heavy atom. The van der Waals surface area contributed by atoms with Crippen molar-refractivity contribution in [3.63, 3.8) is 0 Å². The van der Waals surface area contributed by atoms with Gasteiger partial charge in [-0.3, -0.25) is 4.79 Å². The molecule has 0 radical (unpaired) electrons. The van der Waals surface area contributed by atoms with Gasteiger partial charge in [0, 0.05) is 18.7 Å². The number of ether oxygens (including phenoxy) is 1. The molecule has 5 nitrogen and oxygen atoms in total. The van der Waals surface area contributed by atoms with Gasteiger partial charge in [0.2, 0.25) is 5.76 Å². The molecule has 1 amide bonds. The Bertz CT molecular complexity index is 890. The number of aryl methyl sites for hydroxylation is 1. The Morgan fingerprint density at radius 1 is 1.25 bits per heavy atom. The summed E-state index contributed by atoms with van der Waals surface area (Å²) in [5, 5.41) is 7.24.